The molecule has 0 fully saturated rings. The highest BCUT2D eigenvalue weighted by Crippen LogP contribution is 2.14. The van der Waals surface area contributed by atoms with Crippen LogP contribution >= 0.6 is 24.8 Å². The highest BCUT2D eigenvalue weighted by atomic mass is 35.5. The van der Waals surface area contributed by atoms with E-state index in [1.54, 1.807) is 12.5 Å². The van der Waals surface area contributed by atoms with Gasteiger partial charge in [0.2, 0.25) is 0 Å². The normalized spacial score (nSPS) is 11.4. The fourth-order valence-corrected chi connectivity index (χ4v) is 1.91. The van der Waals surface area contributed by atoms with Crippen molar-refractivity contribution in [2.24, 2.45) is 17.6 Å². The predicted octanol–water partition coefficient (Wildman–Crippen LogP) is 2.28. The van der Waals surface area contributed by atoms with Gasteiger partial charge in [0.1, 0.15) is 6.61 Å². The zero-order valence-corrected chi connectivity index (χ0v) is 13.7. The molecule has 1 aromatic rings. The third-order valence-electron chi connectivity index (χ3n) is 2.77. The van der Waals surface area contributed by atoms with Crippen molar-refractivity contribution in [3.8, 4) is 0 Å². The zero-order chi connectivity index (χ0) is 13.4. The smallest absolute Gasteiger partial charge is 0.306 e. The van der Waals surface area contributed by atoms with Crippen molar-refractivity contribution in [3.63, 3.8) is 0 Å². The number of ether oxygens (including phenoxy) is 1. The summed E-state index contributed by atoms with van der Waals surface area (Å²) in [6.07, 6.45) is 6.63. The maximum absolute atomic E-state index is 11.6. The van der Waals surface area contributed by atoms with E-state index >= 15 is 0 Å². The number of imidazole rings is 1. The quantitative estimate of drug-likeness (QED) is 0.744. The molecule has 1 heterocycles. The van der Waals surface area contributed by atoms with Crippen LogP contribution in [-0.4, -0.2) is 28.7 Å². The van der Waals surface area contributed by atoms with Crippen molar-refractivity contribution >= 4 is 30.8 Å². The third-order valence-corrected chi connectivity index (χ3v) is 2.77. The van der Waals surface area contributed by atoms with Gasteiger partial charge >= 0.3 is 5.97 Å². The molecule has 5 nitrogen and oxygen atoms in total. The second-order valence-electron chi connectivity index (χ2n) is 4.96. The summed E-state index contributed by atoms with van der Waals surface area (Å²) in [4.78, 5) is 15.5. The van der Waals surface area contributed by atoms with Gasteiger partial charge in [-0.1, -0.05) is 13.8 Å². The Kier molecular flexibility index (Phi) is 12.9. The monoisotopic (exact) mass is 325 g/mol. The van der Waals surface area contributed by atoms with Gasteiger partial charge in [-0.3, -0.25) is 4.79 Å². The van der Waals surface area contributed by atoms with E-state index in [0.717, 1.165) is 6.42 Å². The molecule has 7 heteroatoms. The van der Waals surface area contributed by atoms with E-state index in [1.165, 1.54) is 0 Å². The summed E-state index contributed by atoms with van der Waals surface area (Å²) >= 11 is 0. The maximum Gasteiger partial charge on any atom is 0.306 e. The van der Waals surface area contributed by atoms with Crippen LogP contribution in [0.25, 0.3) is 0 Å². The summed E-state index contributed by atoms with van der Waals surface area (Å²) < 4.78 is 7.06. The van der Waals surface area contributed by atoms with Crippen LogP contribution in [0.4, 0.5) is 0 Å². The van der Waals surface area contributed by atoms with Gasteiger partial charge in [-0.25, -0.2) is 4.98 Å². The van der Waals surface area contributed by atoms with Gasteiger partial charge in [-0.05, 0) is 24.8 Å². The SMILES string of the molecule is CC(C)C[C@H](CN)CC(=O)OCCn1ccnc1.Cl.Cl. The number of aromatic nitrogens is 2. The summed E-state index contributed by atoms with van der Waals surface area (Å²) in [5.41, 5.74) is 5.66. The molecule has 0 radical (unpaired) electrons. The molecule has 0 aliphatic rings. The number of nitrogens with two attached hydrogens (primary N) is 1. The molecule has 1 aromatic heterocycles. The number of rotatable bonds is 8. The minimum Gasteiger partial charge on any atom is -0.464 e. The van der Waals surface area contributed by atoms with E-state index in [1.807, 2.05) is 10.8 Å². The predicted molar refractivity (Wildman–Crippen MR) is 84.3 cm³/mol. The van der Waals surface area contributed by atoms with Crippen molar-refractivity contribution in [3.05, 3.63) is 18.7 Å². The zero-order valence-electron chi connectivity index (χ0n) is 12.0. The molecule has 1 rings (SSSR count). The molecule has 2 N–H and O–H groups in total. The number of carbonyl (C=O) groups excluding carboxylic acids is 1. The highest BCUT2D eigenvalue weighted by Gasteiger charge is 2.14. The Balaban J connectivity index is 0. The van der Waals surface area contributed by atoms with Gasteiger partial charge in [0.15, 0.2) is 0 Å². The lowest BCUT2D eigenvalue weighted by Crippen LogP contribution is -2.22. The number of nitrogens with zero attached hydrogens (tertiary/aromatic N) is 2. The number of hydrogen-bond acceptors (Lipinski definition) is 4. The third kappa shape index (κ3) is 9.18. The fraction of sp³-hybridized carbons (Fsp3) is 0.692. The molecule has 0 aliphatic heterocycles. The Morgan fingerprint density at radius 2 is 2.10 bits per heavy atom. The van der Waals surface area contributed by atoms with Gasteiger partial charge in [0.05, 0.1) is 12.9 Å². The summed E-state index contributed by atoms with van der Waals surface area (Å²) in [5, 5.41) is 0. The summed E-state index contributed by atoms with van der Waals surface area (Å²) in [7, 11) is 0. The van der Waals surface area contributed by atoms with Crippen LogP contribution in [0.3, 0.4) is 0 Å². The van der Waals surface area contributed by atoms with Gasteiger partial charge < -0.3 is 15.0 Å². The topological polar surface area (TPSA) is 70.1 Å². The van der Waals surface area contributed by atoms with Crippen molar-refractivity contribution in [2.75, 3.05) is 13.2 Å². The average Bonchev–Trinajstić information content (AvgIpc) is 2.80. The average molecular weight is 326 g/mol. The lowest BCUT2D eigenvalue weighted by Gasteiger charge is -2.16. The molecular formula is C13H25Cl2N3O2. The number of esters is 1. The first-order valence-electron chi connectivity index (χ1n) is 6.43. The second kappa shape index (κ2) is 12.0. The first-order chi connectivity index (χ1) is 8.61. The fourth-order valence-electron chi connectivity index (χ4n) is 1.91. The molecule has 1 atom stereocenters. The van der Waals surface area contributed by atoms with E-state index in [9.17, 15) is 4.79 Å². The number of carbonyl (C=O) groups is 1. The number of hydrogen-bond donors (Lipinski definition) is 1. The molecule has 0 amide bonds. The van der Waals surface area contributed by atoms with E-state index in [0.29, 0.717) is 32.0 Å². The molecule has 20 heavy (non-hydrogen) atoms. The Labute approximate surface area is 133 Å². The van der Waals surface area contributed by atoms with E-state index in [-0.39, 0.29) is 36.7 Å². The molecule has 0 bridgehead atoms. The summed E-state index contributed by atoms with van der Waals surface area (Å²) in [6.45, 7) is 5.83. The van der Waals surface area contributed by atoms with E-state index in [2.05, 4.69) is 18.8 Å². The molecule has 0 aliphatic carbocycles. The van der Waals surface area contributed by atoms with Crippen LogP contribution in [0.1, 0.15) is 26.7 Å². The maximum atomic E-state index is 11.6. The first-order valence-corrected chi connectivity index (χ1v) is 6.43. The van der Waals surface area contributed by atoms with Crippen molar-refractivity contribution in [2.45, 2.75) is 33.2 Å². The Bertz CT molecular complexity index is 345. The van der Waals surface area contributed by atoms with Crippen LogP contribution in [0.5, 0.6) is 0 Å². The first kappa shape index (κ1) is 21.5. The van der Waals surface area contributed by atoms with Crippen LogP contribution in [0.2, 0.25) is 0 Å². The van der Waals surface area contributed by atoms with Gasteiger partial charge in [0.25, 0.3) is 0 Å². The minimum atomic E-state index is -0.161. The van der Waals surface area contributed by atoms with E-state index in [4.69, 9.17) is 10.5 Å². The standard InChI is InChI=1S/C13H23N3O2.2ClH/c1-11(2)7-12(9-14)8-13(17)18-6-5-16-4-3-15-10-16;;/h3-4,10-12H,5-9,14H2,1-2H3;2*1H/t12-;;/m0../s1. The minimum absolute atomic E-state index is 0. The molecular weight excluding hydrogens is 301 g/mol. The Morgan fingerprint density at radius 3 is 2.60 bits per heavy atom. The second-order valence-corrected chi connectivity index (χ2v) is 4.96. The van der Waals surface area contributed by atoms with E-state index < -0.39 is 0 Å². The molecule has 0 saturated heterocycles. The van der Waals surface area contributed by atoms with Crippen LogP contribution in [0.15, 0.2) is 18.7 Å². The lowest BCUT2D eigenvalue weighted by atomic mass is 9.94. The van der Waals surface area contributed by atoms with Crippen LogP contribution < -0.4 is 5.73 Å². The van der Waals surface area contributed by atoms with Gasteiger partial charge in [-0.2, -0.15) is 0 Å². The molecule has 0 aromatic carbocycles. The molecule has 0 saturated carbocycles. The molecule has 118 valence electrons. The number of halogens is 2. The van der Waals surface area contributed by atoms with Gasteiger partial charge in [0, 0.05) is 18.8 Å². The van der Waals surface area contributed by atoms with Crippen molar-refractivity contribution in [1.29, 1.82) is 0 Å². The largest absolute Gasteiger partial charge is 0.464 e. The summed E-state index contributed by atoms with van der Waals surface area (Å²) in [6, 6.07) is 0. The summed E-state index contributed by atoms with van der Waals surface area (Å²) in [5.74, 6) is 0.620. The van der Waals surface area contributed by atoms with Crippen LogP contribution in [-0.2, 0) is 16.1 Å². The molecule has 0 spiro atoms. The lowest BCUT2D eigenvalue weighted by molar-refractivity contribution is -0.145. The van der Waals surface area contributed by atoms with Crippen molar-refractivity contribution < 1.29 is 9.53 Å². The van der Waals surface area contributed by atoms with Crippen molar-refractivity contribution in [1.82, 2.24) is 9.55 Å². The highest BCUT2D eigenvalue weighted by molar-refractivity contribution is 5.85. The van der Waals surface area contributed by atoms with Crippen LogP contribution in [0, 0.1) is 11.8 Å². The molecule has 0 unspecified atom stereocenters. The Morgan fingerprint density at radius 1 is 1.40 bits per heavy atom. The van der Waals surface area contributed by atoms with Gasteiger partial charge in [-0.15, -0.1) is 24.8 Å². The Hall–Kier alpha value is -0.780.